The summed E-state index contributed by atoms with van der Waals surface area (Å²) in [7, 11) is 0. The first-order chi connectivity index (χ1) is 12.4. The normalized spacial score (nSPS) is 19.2. The molecule has 0 radical (unpaired) electrons. The number of rotatable bonds is 3. The third kappa shape index (κ3) is 3.24. The highest BCUT2D eigenvalue weighted by atomic mass is 16.2. The Morgan fingerprint density at radius 1 is 1.04 bits per heavy atom. The molecule has 0 N–H and O–H groups in total. The average molecular weight is 350 g/mol. The van der Waals surface area contributed by atoms with E-state index in [-0.39, 0.29) is 29.8 Å². The smallest absolute Gasteiger partial charge is 0.230 e. The first-order valence-corrected chi connectivity index (χ1v) is 9.18. The van der Waals surface area contributed by atoms with Crippen molar-refractivity contribution < 1.29 is 9.59 Å². The van der Waals surface area contributed by atoms with E-state index >= 15 is 0 Å². The van der Waals surface area contributed by atoms with Crippen molar-refractivity contribution in [2.75, 3.05) is 9.80 Å². The number of amides is 2. The quantitative estimate of drug-likeness (QED) is 0.814. The molecule has 3 rings (SSSR count). The summed E-state index contributed by atoms with van der Waals surface area (Å²) in [5.41, 5.74) is 2.83. The molecule has 0 fully saturated rings. The number of carbonyl (C=O) groups is 2. The molecule has 0 aromatic heterocycles. The van der Waals surface area contributed by atoms with Crippen LogP contribution in [0.4, 0.5) is 11.4 Å². The van der Waals surface area contributed by atoms with E-state index in [2.05, 4.69) is 0 Å². The predicted molar refractivity (Wildman–Crippen MR) is 105 cm³/mol. The van der Waals surface area contributed by atoms with Crippen molar-refractivity contribution in [1.29, 1.82) is 0 Å². The van der Waals surface area contributed by atoms with E-state index in [9.17, 15) is 9.59 Å². The molecule has 0 unspecified atom stereocenters. The second-order valence-corrected chi connectivity index (χ2v) is 7.25. The molecule has 1 aliphatic heterocycles. The summed E-state index contributed by atoms with van der Waals surface area (Å²) in [4.78, 5) is 29.1. The Morgan fingerprint density at radius 2 is 1.65 bits per heavy atom. The zero-order valence-corrected chi connectivity index (χ0v) is 15.8. The van der Waals surface area contributed by atoms with Crippen LogP contribution in [0, 0.1) is 5.92 Å². The van der Waals surface area contributed by atoms with Crippen LogP contribution in [0.1, 0.15) is 45.7 Å². The van der Waals surface area contributed by atoms with Crippen molar-refractivity contribution in [1.82, 2.24) is 0 Å². The molecule has 4 nitrogen and oxygen atoms in total. The minimum Gasteiger partial charge on any atom is -0.309 e. The molecule has 0 saturated carbocycles. The van der Waals surface area contributed by atoms with Gasteiger partial charge in [0.1, 0.15) is 0 Å². The Balaban J connectivity index is 2.14. The molecular formula is C22H26N2O2. The first kappa shape index (κ1) is 18.2. The fourth-order valence-electron chi connectivity index (χ4n) is 3.83. The van der Waals surface area contributed by atoms with E-state index in [0.717, 1.165) is 16.9 Å². The molecule has 0 spiro atoms. The first-order valence-electron chi connectivity index (χ1n) is 9.18. The predicted octanol–water partition coefficient (Wildman–Crippen LogP) is 4.56. The summed E-state index contributed by atoms with van der Waals surface area (Å²) in [6, 6.07) is 17.7. The summed E-state index contributed by atoms with van der Waals surface area (Å²) in [5.74, 6) is 0.0211. The van der Waals surface area contributed by atoms with E-state index in [1.165, 1.54) is 0 Å². The maximum absolute atomic E-state index is 13.1. The Hall–Kier alpha value is -2.62. The lowest BCUT2D eigenvalue weighted by molar-refractivity contribution is -0.122. The number of hydrogen-bond donors (Lipinski definition) is 0. The molecule has 1 aliphatic rings. The van der Waals surface area contributed by atoms with Gasteiger partial charge in [-0.3, -0.25) is 9.59 Å². The maximum atomic E-state index is 13.1. The third-order valence-electron chi connectivity index (χ3n) is 4.98. The van der Waals surface area contributed by atoms with Crippen molar-refractivity contribution >= 4 is 23.2 Å². The van der Waals surface area contributed by atoms with Gasteiger partial charge in [0.15, 0.2) is 0 Å². The topological polar surface area (TPSA) is 40.6 Å². The van der Waals surface area contributed by atoms with Gasteiger partial charge < -0.3 is 9.80 Å². The second-order valence-electron chi connectivity index (χ2n) is 7.25. The van der Waals surface area contributed by atoms with Crippen LogP contribution < -0.4 is 9.80 Å². The largest absolute Gasteiger partial charge is 0.309 e. The minimum absolute atomic E-state index is 0.0265. The van der Waals surface area contributed by atoms with Gasteiger partial charge in [0, 0.05) is 30.3 Å². The van der Waals surface area contributed by atoms with Gasteiger partial charge in [-0.1, -0.05) is 50.2 Å². The number of nitrogens with zero attached hydrogens (tertiary/aromatic N) is 2. The maximum Gasteiger partial charge on any atom is 0.230 e. The van der Waals surface area contributed by atoms with Crippen LogP contribution in [0.15, 0.2) is 54.6 Å². The summed E-state index contributed by atoms with van der Waals surface area (Å²) in [6.45, 7) is 7.51. The van der Waals surface area contributed by atoms with E-state index in [1.807, 2.05) is 85.2 Å². The van der Waals surface area contributed by atoms with E-state index in [0.29, 0.717) is 6.42 Å². The van der Waals surface area contributed by atoms with Gasteiger partial charge in [0.2, 0.25) is 11.8 Å². The van der Waals surface area contributed by atoms with Crippen molar-refractivity contribution in [2.45, 2.75) is 46.2 Å². The SMILES string of the molecule is CC(=O)N1c2ccccc2[C@@H](N(C(=O)C(C)C)c2ccccc2)C[C@H]1C. The molecule has 136 valence electrons. The Kier molecular flexibility index (Phi) is 5.12. The molecule has 1 heterocycles. The van der Waals surface area contributed by atoms with Crippen LogP contribution in [-0.4, -0.2) is 17.9 Å². The molecule has 26 heavy (non-hydrogen) atoms. The van der Waals surface area contributed by atoms with Crippen LogP contribution in [0.2, 0.25) is 0 Å². The summed E-state index contributed by atoms with van der Waals surface area (Å²) in [5, 5.41) is 0. The number of hydrogen-bond acceptors (Lipinski definition) is 2. The molecule has 0 aliphatic carbocycles. The molecule has 0 bridgehead atoms. The summed E-state index contributed by atoms with van der Waals surface area (Å²) >= 11 is 0. The van der Waals surface area contributed by atoms with Crippen LogP contribution in [0.25, 0.3) is 0 Å². The van der Waals surface area contributed by atoms with E-state index in [1.54, 1.807) is 6.92 Å². The standard InChI is InChI=1S/C22H26N2O2/c1-15(2)22(26)24(18-10-6-5-7-11-18)21-14-16(3)23(17(4)25)20-13-9-8-12-19(20)21/h5-13,15-16,21H,14H2,1-4H3/t16-,21+/m1/s1. The number of fused-ring (bicyclic) bond motifs is 1. The number of benzene rings is 2. The monoisotopic (exact) mass is 350 g/mol. The van der Waals surface area contributed by atoms with Crippen molar-refractivity contribution in [2.24, 2.45) is 5.92 Å². The summed E-state index contributed by atoms with van der Waals surface area (Å²) < 4.78 is 0. The van der Waals surface area contributed by atoms with E-state index < -0.39 is 0 Å². The summed E-state index contributed by atoms with van der Waals surface area (Å²) in [6.07, 6.45) is 0.712. The van der Waals surface area contributed by atoms with Crippen molar-refractivity contribution in [3.63, 3.8) is 0 Å². The zero-order valence-electron chi connectivity index (χ0n) is 15.8. The number of carbonyl (C=O) groups excluding carboxylic acids is 2. The minimum atomic E-state index is -0.108. The van der Waals surface area contributed by atoms with Crippen LogP contribution in [-0.2, 0) is 9.59 Å². The van der Waals surface area contributed by atoms with Gasteiger partial charge in [0.05, 0.1) is 6.04 Å². The number of anilines is 2. The lowest BCUT2D eigenvalue weighted by atomic mass is 9.89. The fourth-order valence-corrected chi connectivity index (χ4v) is 3.83. The zero-order chi connectivity index (χ0) is 18.8. The second kappa shape index (κ2) is 7.32. The van der Waals surface area contributed by atoms with Crippen LogP contribution >= 0.6 is 0 Å². The lowest BCUT2D eigenvalue weighted by Gasteiger charge is -2.43. The van der Waals surface area contributed by atoms with Crippen LogP contribution in [0.3, 0.4) is 0 Å². The molecule has 2 aromatic rings. The Morgan fingerprint density at radius 3 is 2.27 bits per heavy atom. The van der Waals surface area contributed by atoms with Gasteiger partial charge in [-0.05, 0) is 37.1 Å². The molecule has 0 saturated heterocycles. The highest BCUT2D eigenvalue weighted by Crippen LogP contribution is 2.42. The van der Waals surface area contributed by atoms with E-state index in [4.69, 9.17) is 0 Å². The van der Waals surface area contributed by atoms with Gasteiger partial charge in [0.25, 0.3) is 0 Å². The molecule has 2 atom stereocenters. The fraction of sp³-hybridized carbons (Fsp3) is 0.364. The molecule has 2 aromatic carbocycles. The highest BCUT2D eigenvalue weighted by Gasteiger charge is 2.37. The Bertz CT molecular complexity index is 801. The van der Waals surface area contributed by atoms with Gasteiger partial charge >= 0.3 is 0 Å². The highest BCUT2D eigenvalue weighted by molar-refractivity contribution is 5.98. The third-order valence-corrected chi connectivity index (χ3v) is 4.98. The van der Waals surface area contributed by atoms with Crippen LogP contribution in [0.5, 0.6) is 0 Å². The van der Waals surface area contributed by atoms with Crippen molar-refractivity contribution in [3.05, 3.63) is 60.2 Å². The molecular weight excluding hydrogens is 324 g/mol. The van der Waals surface area contributed by atoms with Gasteiger partial charge in [-0.25, -0.2) is 0 Å². The average Bonchev–Trinajstić information content (AvgIpc) is 2.62. The van der Waals surface area contributed by atoms with Gasteiger partial charge in [-0.15, -0.1) is 0 Å². The number of para-hydroxylation sites is 2. The van der Waals surface area contributed by atoms with Crippen molar-refractivity contribution in [3.8, 4) is 0 Å². The molecule has 4 heteroatoms. The van der Waals surface area contributed by atoms with Gasteiger partial charge in [-0.2, -0.15) is 0 Å². The molecule has 2 amide bonds. The lowest BCUT2D eigenvalue weighted by Crippen LogP contribution is -2.47. The Labute approximate surface area is 155 Å².